The van der Waals surface area contributed by atoms with Crippen LogP contribution in [0, 0.1) is 0 Å². The van der Waals surface area contributed by atoms with Crippen molar-refractivity contribution in [3.63, 3.8) is 0 Å². The van der Waals surface area contributed by atoms with Crippen LogP contribution in [0.5, 0.6) is 11.5 Å². The maximum Gasteiger partial charge on any atom is 0.266 e. The standard InChI is InChI=1S/C23H17N5O3/c29-22-17-14-24-23-25-21(15-7-8-19-20(13-15)31-12-4-11-30-19)26-28(23)18(17)9-10-27(22)16-5-2-1-3-6-16/h1-3,5-10,13-14H,4,11-12H2. The van der Waals surface area contributed by atoms with Gasteiger partial charge in [-0.05, 0) is 36.4 Å². The molecule has 0 saturated carbocycles. The van der Waals surface area contributed by atoms with Gasteiger partial charge in [0.2, 0.25) is 0 Å². The zero-order valence-corrected chi connectivity index (χ0v) is 16.4. The molecule has 0 N–H and O–H groups in total. The second-order valence-corrected chi connectivity index (χ2v) is 7.24. The fraction of sp³-hybridized carbons (Fsp3) is 0.130. The molecule has 0 saturated heterocycles. The number of para-hydroxylation sites is 1. The highest BCUT2D eigenvalue weighted by Gasteiger charge is 2.16. The molecule has 0 fully saturated rings. The van der Waals surface area contributed by atoms with Crippen LogP contribution in [-0.2, 0) is 0 Å². The molecular formula is C23H17N5O3. The number of pyridine rings is 1. The zero-order valence-electron chi connectivity index (χ0n) is 16.4. The van der Waals surface area contributed by atoms with Gasteiger partial charge in [0.15, 0.2) is 17.3 Å². The summed E-state index contributed by atoms with van der Waals surface area (Å²) in [5.74, 6) is 2.32. The summed E-state index contributed by atoms with van der Waals surface area (Å²) in [7, 11) is 0. The van der Waals surface area contributed by atoms with E-state index in [1.165, 1.54) is 0 Å². The topological polar surface area (TPSA) is 83.5 Å². The van der Waals surface area contributed by atoms with Gasteiger partial charge in [-0.1, -0.05) is 18.2 Å². The van der Waals surface area contributed by atoms with Crippen LogP contribution in [0.4, 0.5) is 0 Å². The molecule has 1 aliphatic rings. The molecule has 0 spiro atoms. The van der Waals surface area contributed by atoms with E-state index in [4.69, 9.17) is 9.47 Å². The van der Waals surface area contributed by atoms with Gasteiger partial charge in [-0.3, -0.25) is 9.36 Å². The first-order chi connectivity index (χ1) is 15.3. The summed E-state index contributed by atoms with van der Waals surface area (Å²) < 4.78 is 14.7. The lowest BCUT2D eigenvalue weighted by Gasteiger charge is -2.07. The first-order valence-corrected chi connectivity index (χ1v) is 10.0. The molecule has 31 heavy (non-hydrogen) atoms. The molecule has 8 heteroatoms. The number of aromatic nitrogens is 5. The third kappa shape index (κ3) is 2.92. The van der Waals surface area contributed by atoms with Gasteiger partial charge in [0.25, 0.3) is 11.3 Å². The van der Waals surface area contributed by atoms with E-state index in [9.17, 15) is 4.79 Å². The van der Waals surface area contributed by atoms with Gasteiger partial charge in [-0.15, -0.1) is 5.10 Å². The molecule has 0 aliphatic carbocycles. The Hall–Kier alpha value is -4.20. The van der Waals surface area contributed by atoms with Crippen molar-refractivity contribution in [2.75, 3.05) is 13.2 Å². The fourth-order valence-corrected chi connectivity index (χ4v) is 3.74. The van der Waals surface area contributed by atoms with Gasteiger partial charge in [-0.2, -0.15) is 9.50 Å². The fourth-order valence-electron chi connectivity index (χ4n) is 3.74. The lowest BCUT2D eigenvalue weighted by atomic mass is 10.2. The second kappa shape index (κ2) is 6.94. The first-order valence-electron chi connectivity index (χ1n) is 10.0. The average molecular weight is 411 g/mol. The number of fused-ring (bicyclic) bond motifs is 4. The smallest absolute Gasteiger partial charge is 0.266 e. The molecule has 0 unspecified atom stereocenters. The minimum Gasteiger partial charge on any atom is -0.490 e. The average Bonchev–Trinajstić information content (AvgIpc) is 3.11. The highest BCUT2D eigenvalue weighted by molar-refractivity contribution is 5.79. The van der Waals surface area contributed by atoms with Crippen LogP contribution in [0.25, 0.3) is 33.8 Å². The Morgan fingerprint density at radius 1 is 0.935 bits per heavy atom. The molecule has 3 aromatic heterocycles. The molecule has 0 bridgehead atoms. The van der Waals surface area contributed by atoms with Gasteiger partial charge in [0.05, 0.1) is 24.1 Å². The van der Waals surface area contributed by atoms with E-state index in [0.29, 0.717) is 41.5 Å². The predicted molar refractivity (Wildman–Crippen MR) is 115 cm³/mol. The Bertz CT molecular complexity index is 1490. The highest BCUT2D eigenvalue weighted by Crippen LogP contribution is 2.33. The summed E-state index contributed by atoms with van der Waals surface area (Å²) in [5.41, 5.74) is 2.07. The largest absolute Gasteiger partial charge is 0.490 e. The molecule has 2 aromatic carbocycles. The Kier molecular flexibility index (Phi) is 3.95. The van der Waals surface area contributed by atoms with Gasteiger partial charge >= 0.3 is 0 Å². The van der Waals surface area contributed by atoms with E-state index in [1.807, 2.05) is 54.6 Å². The first kappa shape index (κ1) is 17.6. The summed E-state index contributed by atoms with van der Waals surface area (Å²) in [5, 5.41) is 5.09. The van der Waals surface area contributed by atoms with Crippen molar-refractivity contribution in [1.82, 2.24) is 24.1 Å². The lowest BCUT2D eigenvalue weighted by Crippen LogP contribution is -2.18. The number of hydrogen-bond donors (Lipinski definition) is 0. The normalized spacial score (nSPS) is 13.4. The van der Waals surface area contributed by atoms with Crippen LogP contribution in [-0.4, -0.2) is 37.4 Å². The van der Waals surface area contributed by atoms with Crippen molar-refractivity contribution in [2.45, 2.75) is 6.42 Å². The summed E-state index contributed by atoms with van der Waals surface area (Å²) in [4.78, 5) is 22.0. The van der Waals surface area contributed by atoms with Crippen molar-refractivity contribution in [3.05, 3.63) is 77.3 Å². The van der Waals surface area contributed by atoms with Crippen LogP contribution in [0.15, 0.2) is 71.8 Å². The van der Waals surface area contributed by atoms with Crippen molar-refractivity contribution in [1.29, 1.82) is 0 Å². The number of rotatable bonds is 2. The van der Waals surface area contributed by atoms with E-state index in [1.54, 1.807) is 21.5 Å². The quantitative estimate of drug-likeness (QED) is 0.443. The van der Waals surface area contributed by atoms with Crippen LogP contribution in [0.1, 0.15) is 6.42 Å². The Labute approximate surface area is 176 Å². The van der Waals surface area contributed by atoms with Crippen LogP contribution >= 0.6 is 0 Å². The molecule has 4 heterocycles. The summed E-state index contributed by atoms with van der Waals surface area (Å²) >= 11 is 0. The molecule has 152 valence electrons. The Morgan fingerprint density at radius 2 is 1.77 bits per heavy atom. The van der Waals surface area contributed by atoms with E-state index in [-0.39, 0.29) is 5.56 Å². The van der Waals surface area contributed by atoms with Crippen molar-refractivity contribution in [2.24, 2.45) is 0 Å². The number of nitrogens with zero attached hydrogens (tertiary/aromatic N) is 5. The minimum absolute atomic E-state index is 0.161. The van der Waals surface area contributed by atoms with Crippen LogP contribution in [0.3, 0.4) is 0 Å². The second-order valence-electron chi connectivity index (χ2n) is 7.24. The highest BCUT2D eigenvalue weighted by atomic mass is 16.5. The van der Waals surface area contributed by atoms with E-state index in [2.05, 4.69) is 15.1 Å². The SMILES string of the molecule is O=c1c2cnc3nc(-c4ccc5c(c4)OCCCO5)nn3c2ccn1-c1ccccc1. The van der Waals surface area contributed by atoms with Gasteiger partial charge < -0.3 is 9.47 Å². The van der Waals surface area contributed by atoms with E-state index >= 15 is 0 Å². The van der Waals surface area contributed by atoms with Crippen molar-refractivity contribution in [3.8, 4) is 28.6 Å². The molecule has 8 nitrogen and oxygen atoms in total. The maximum absolute atomic E-state index is 13.1. The number of hydrogen-bond acceptors (Lipinski definition) is 6. The molecule has 6 rings (SSSR count). The zero-order chi connectivity index (χ0) is 20.8. The van der Waals surface area contributed by atoms with Crippen molar-refractivity contribution < 1.29 is 9.47 Å². The Balaban J connectivity index is 1.49. The summed E-state index contributed by atoms with van der Waals surface area (Å²) in [6.07, 6.45) is 4.14. The minimum atomic E-state index is -0.161. The lowest BCUT2D eigenvalue weighted by molar-refractivity contribution is 0.297. The number of benzene rings is 2. The molecular weight excluding hydrogens is 394 g/mol. The predicted octanol–water partition coefficient (Wildman–Crippen LogP) is 3.26. The molecule has 0 amide bonds. The third-order valence-electron chi connectivity index (χ3n) is 5.27. The van der Waals surface area contributed by atoms with Gasteiger partial charge in [0, 0.05) is 30.1 Å². The monoisotopic (exact) mass is 411 g/mol. The number of ether oxygens (including phenoxy) is 2. The molecule has 5 aromatic rings. The van der Waals surface area contributed by atoms with Gasteiger partial charge in [-0.25, -0.2) is 4.98 Å². The summed E-state index contributed by atoms with van der Waals surface area (Å²) in [6.45, 7) is 1.24. The molecule has 0 atom stereocenters. The maximum atomic E-state index is 13.1. The summed E-state index contributed by atoms with van der Waals surface area (Å²) in [6, 6.07) is 17.0. The Morgan fingerprint density at radius 3 is 2.65 bits per heavy atom. The third-order valence-corrected chi connectivity index (χ3v) is 5.27. The van der Waals surface area contributed by atoms with E-state index < -0.39 is 0 Å². The molecule has 0 radical (unpaired) electrons. The molecule has 1 aliphatic heterocycles. The van der Waals surface area contributed by atoms with Crippen LogP contribution < -0.4 is 15.0 Å². The van der Waals surface area contributed by atoms with Crippen LogP contribution in [0.2, 0.25) is 0 Å². The van der Waals surface area contributed by atoms with Gasteiger partial charge in [0.1, 0.15) is 0 Å². The van der Waals surface area contributed by atoms with Crippen molar-refractivity contribution >= 4 is 16.7 Å². The van der Waals surface area contributed by atoms with E-state index in [0.717, 1.165) is 23.4 Å².